The molecule has 0 aliphatic heterocycles. The number of benzene rings is 2. The minimum absolute atomic E-state index is 0.00497. The van der Waals surface area contributed by atoms with Gasteiger partial charge in [-0.25, -0.2) is 0 Å². The molecule has 0 radical (unpaired) electrons. The van der Waals surface area contributed by atoms with E-state index in [9.17, 15) is 4.79 Å². The second-order valence-corrected chi connectivity index (χ2v) is 8.29. The summed E-state index contributed by atoms with van der Waals surface area (Å²) < 4.78 is 11.4. The zero-order valence-corrected chi connectivity index (χ0v) is 18.8. The van der Waals surface area contributed by atoms with Crippen molar-refractivity contribution in [1.82, 2.24) is 15.0 Å². The van der Waals surface area contributed by atoms with E-state index in [2.05, 4.69) is 21.5 Å². The summed E-state index contributed by atoms with van der Waals surface area (Å²) in [5.41, 5.74) is 4.86. The molecule has 32 heavy (non-hydrogen) atoms. The van der Waals surface area contributed by atoms with Crippen molar-refractivity contribution in [2.24, 2.45) is 0 Å². The van der Waals surface area contributed by atoms with Gasteiger partial charge in [0.05, 0.1) is 18.3 Å². The maximum atomic E-state index is 11.1. The van der Waals surface area contributed by atoms with E-state index in [0.29, 0.717) is 11.7 Å². The van der Waals surface area contributed by atoms with Gasteiger partial charge >= 0.3 is 5.97 Å². The van der Waals surface area contributed by atoms with Gasteiger partial charge in [0, 0.05) is 24.2 Å². The fourth-order valence-corrected chi connectivity index (χ4v) is 4.29. The van der Waals surface area contributed by atoms with Gasteiger partial charge in [-0.05, 0) is 63.1 Å². The van der Waals surface area contributed by atoms with Crippen molar-refractivity contribution in [3.05, 3.63) is 47.5 Å². The molecule has 3 aromatic rings. The van der Waals surface area contributed by atoms with Crippen molar-refractivity contribution in [2.75, 3.05) is 26.0 Å². The highest BCUT2D eigenvalue weighted by molar-refractivity contribution is 5.71. The first-order valence-corrected chi connectivity index (χ1v) is 10.7. The largest absolute Gasteiger partial charge is 0.489 e. The van der Waals surface area contributed by atoms with Crippen molar-refractivity contribution in [3.8, 4) is 28.6 Å². The molecule has 8 heteroatoms. The van der Waals surface area contributed by atoms with Crippen LogP contribution in [0.4, 0.5) is 5.69 Å². The lowest BCUT2D eigenvalue weighted by Gasteiger charge is -2.23. The molecule has 0 bridgehead atoms. The Morgan fingerprint density at radius 1 is 1.34 bits per heavy atom. The average molecular weight is 437 g/mol. The predicted octanol–water partition coefficient (Wildman–Crippen LogP) is 4.24. The van der Waals surface area contributed by atoms with Crippen LogP contribution in [0, 0.1) is 0 Å². The van der Waals surface area contributed by atoms with Crippen LogP contribution < -0.4 is 10.1 Å². The number of ether oxygens (including phenoxy) is 1. The number of carboxylic acid groups (broad SMARTS) is 1. The number of carboxylic acids is 1. The Kier molecular flexibility index (Phi) is 6.14. The number of nitrogens with one attached hydrogen (secondary N) is 1. The third-order valence-corrected chi connectivity index (χ3v) is 5.68. The summed E-state index contributed by atoms with van der Waals surface area (Å²) in [4.78, 5) is 17.7. The number of aromatic nitrogens is 2. The van der Waals surface area contributed by atoms with Crippen LogP contribution in [-0.2, 0) is 11.2 Å². The van der Waals surface area contributed by atoms with E-state index in [-0.39, 0.29) is 18.7 Å². The molecule has 0 fully saturated rings. The summed E-state index contributed by atoms with van der Waals surface area (Å²) in [5.74, 6) is 0.906. The minimum Gasteiger partial charge on any atom is -0.489 e. The molecule has 1 atom stereocenters. The zero-order valence-electron chi connectivity index (χ0n) is 18.8. The van der Waals surface area contributed by atoms with Crippen molar-refractivity contribution in [2.45, 2.75) is 38.8 Å². The van der Waals surface area contributed by atoms with Crippen molar-refractivity contribution < 1.29 is 19.2 Å². The highest BCUT2D eigenvalue weighted by Gasteiger charge is 2.29. The molecular formula is C24H28N4O4. The van der Waals surface area contributed by atoms with Crippen molar-refractivity contribution >= 4 is 11.7 Å². The lowest BCUT2D eigenvalue weighted by Crippen LogP contribution is -2.28. The number of carbonyl (C=O) groups is 1. The molecular weight excluding hydrogens is 408 g/mol. The van der Waals surface area contributed by atoms with Crippen LogP contribution in [0.25, 0.3) is 22.8 Å². The van der Waals surface area contributed by atoms with Crippen LogP contribution in [-0.4, -0.2) is 52.9 Å². The highest BCUT2D eigenvalue weighted by Crippen LogP contribution is 2.40. The Morgan fingerprint density at radius 3 is 2.88 bits per heavy atom. The smallest absolute Gasteiger partial charge is 0.317 e. The van der Waals surface area contributed by atoms with E-state index in [4.69, 9.17) is 14.4 Å². The first kappa shape index (κ1) is 21.8. The molecule has 1 aromatic heterocycles. The number of rotatable bonds is 8. The zero-order chi connectivity index (χ0) is 22.8. The summed E-state index contributed by atoms with van der Waals surface area (Å²) in [6.07, 6.45) is 1.78. The summed E-state index contributed by atoms with van der Waals surface area (Å²) in [6, 6.07) is 11.8. The Bertz CT molecular complexity index is 1120. The predicted molar refractivity (Wildman–Crippen MR) is 122 cm³/mol. The summed E-state index contributed by atoms with van der Waals surface area (Å²) in [7, 11) is 3.69. The van der Waals surface area contributed by atoms with Crippen molar-refractivity contribution in [3.63, 3.8) is 0 Å². The topological polar surface area (TPSA) is 101 Å². The molecule has 2 N–H and O–H groups in total. The minimum atomic E-state index is -0.828. The molecule has 168 valence electrons. The fourth-order valence-electron chi connectivity index (χ4n) is 4.29. The number of anilines is 1. The summed E-state index contributed by atoms with van der Waals surface area (Å²) in [6.45, 7) is 3.98. The van der Waals surface area contributed by atoms with Gasteiger partial charge in [0.25, 0.3) is 5.89 Å². The number of fused-ring (bicyclic) bond motifs is 1. The molecule has 0 spiro atoms. The number of hydrogen-bond acceptors (Lipinski definition) is 7. The molecule has 0 amide bonds. The fraction of sp³-hybridized carbons (Fsp3) is 0.375. The van der Waals surface area contributed by atoms with E-state index < -0.39 is 5.97 Å². The van der Waals surface area contributed by atoms with Gasteiger partial charge in [0.15, 0.2) is 0 Å². The maximum absolute atomic E-state index is 11.1. The van der Waals surface area contributed by atoms with Gasteiger partial charge in [0.1, 0.15) is 5.75 Å². The molecule has 0 saturated carbocycles. The summed E-state index contributed by atoms with van der Waals surface area (Å²) in [5, 5.41) is 16.5. The Hall–Kier alpha value is -3.39. The van der Waals surface area contributed by atoms with Crippen LogP contribution in [0.1, 0.15) is 37.4 Å². The quantitative estimate of drug-likeness (QED) is 0.541. The third kappa shape index (κ3) is 4.31. The molecule has 0 saturated heterocycles. The molecule has 8 nitrogen and oxygen atoms in total. The first-order chi connectivity index (χ1) is 15.4. The average Bonchev–Trinajstić information content (AvgIpc) is 3.40. The van der Waals surface area contributed by atoms with Gasteiger partial charge < -0.3 is 19.7 Å². The number of nitrogens with zero attached hydrogens (tertiary/aromatic N) is 3. The first-order valence-electron chi connectivity index (χ1n) is 10.7. The van der Waals surface area contributed by atoms with E-state index in [1.54, 1.807) is 0 Å². The van der Waals surface area contributed by atoms with Crippen LogP contribution in [0.5, 0.6) is 5.75 Å². The molecule has 0 unspecified atom stereocenters. The lowest BCUT2D eigenvalue weighted by atomic mass is 10.0. The molecule has 1 heterocycles. The molecule has 1 aliphatic carbocycles. The Balaban J connectivity index is 1.63. The van der Waals surface area contributed by atoms with Crippen LogP contribution in [0.2, 0.25) is 0 Å². The van der Waals surface area contributed by atoms with E-state index >= 15 is 0 Å². The Morgan fingerprint density at radius 2 is 2.16 bits per heavy atom. The SMILES string of the molecule is CNc1cc(-c2nc(-c3cccc4c3CC[C@@H]4N(C)CC(=O)O)no2)ccc1OC(C)C. The molecule has 1 aliphatic rings. The second kappa shape index (κ2) is 9.00. The van der Waals surface area contributed by atoms with E-state index in [1.165, 1.54) is 0 Å². The van der Waals surface area contributed by atoms with E-state index in [1.807, 2.05) is 63.2 Å². The second-order valence-electron chi connectivity index (χ2n) is 8.29. The van der Waals surface area contributed by atoms with E-state index in [0.717, 1.165) is 46.5 Å². The maximum Gasteiger partial charge on any atom is 0.317 e. The van der Waals surface area contributed by atoms with Crippen LogP contribution in [0.3, 0.4) is 0 Å². The van der Waals surface area contributed by atoms with Crippen molar-refractivity contribution in [1.29, 1.82) is 0 Å². The standard InChI is InChI=1S/C24H28N4O4/c1-14(2)31-21-11-8-15(12-19(21)25-3)24-26-23(27-32-24)18-7-5-6-17-16(18)9-10-20(17)28(4)13-22(29)30/h5-8,11-12,14,20,25H,9-10,13H2,1-4H3,(H,29,30)/t20-/m0/s1. The van der Waals surface area contributed by atoms with Gasteiger partial charge in [-0.2, -0.15) is 4.98 Å². The number of likely N-dealkylation sites (N-methyl/N-ethyl adjacent to an activating group) is 1. The monoisotopic (exact) mass is 436 g/mol. The highest BCUT2D eigenvalue weighted by atomic mass is 16.5. The number of aliphatic carboxylic acids is 1. The van der Waals surface area contributed by atoms with Gasteiger partial charge in [-0.1, -0.05) is 23.4 Å². The van der Waals surface area contributed by atoms with Crippen LogP contribution in [0.15, 0.2) is 40.9 Å². The van der Waals surface area contributed by atoms with Gasteiger partial charge in [-0.15, -0.1) is 0 Å². The van der Waals surface area contributed by atoms with Crippen LogP contribution >= 0.6 is 0 Å². The number of hydrogen-bond donors (Lipinski definition) is 2. The summed E-state index contributed by atoms with van der Waals surface area (Å²) >= 11 is 0. The Labute approximate surface area is 187 Å². The normalized spacial score (nSPS) is 15.2. The lowest BCUT2D eigenvalue weighted by molar-refractivity contribution is -0.138. The molecule has 4 rings (SSSR count). The van der Waals surface area contributed by atoms with Gasteiger partial charge in [-0.3, -0.25) is 9.69 Å². The third-order valence-electron chi connectivity index (χ3n) is 5.68. The van der Waals surface area contributed by atoms with Gasteiger partial charge in [0.2, 0.25) is 5.82 Å². The molecule has 2 aromatic carbocycles.